The third-order valence-corrected chi connectivity index (χ3v) is 5.64. The molecule has 0 spiro atoms. The largest absolute Gasteiger partial charge is 0.497 e. The molecule has 0 saturated heterocycles. The second kappa shape index (κ2) is 7.63. The number of rotatable bonds is 3. The average molecular weight is 415 g/mol. The number of alkyl halides is 3. The van der Waals surface area contributed by atoms with Gasteiger partial charge in [-0.25, -0.2) is 0 Å². The second-order valence-corrected chi connectivity index (χ2v) is 7.41. The number of methoxy groups -OCH3 is 1. The highest BCUT2D eigenvalue weighted by Gasteiger charge is 2.43. The second-order valence-electron chi connectivity index (χ2n) is 7.41. The van der Waals surface area contributed by atoms with Gasteiger partial charge in [-0.1, -0.05) is 24.3 Å². The number of hydrogen-bond donors (Lipinski definition) is 0. The Balaban J connectivity index is 1.86. The SMILES string of the molecule is COc1ccc(C2CC(=O)N(c3ccccc3C(F)(F)F)C3=C2C(=O)CCC3)cc1. The number of ether oxygens (including phenoxy) is 1. The Morgan fingerprint density at radius 1 is 1.00 bits per heavy atom. The van der Waals surface area contributed by atoms with Crippen LogP contribution in [-0.2, 0) is 15.8 Å². The molecule has 0 saturated carbocycles. The van der Waals surface area contributed by atoms with Crippen molar-refractivity contribution in [3.63, 3.8) is 0 Å². The van der Waals surface area contributed by atoms with E-state index in [-0.39, 0.29) is 17.9 Å². The van der Waals surface area contributed by atoms with E-state index in [1.807, 2.05) is 0 Å². The first-order chi connectivity index (χ1) is 14.3. The van der Waals surface area contributed by atoms with Crippen LogP contribution in [0.4, 0.5) is 18.9 Å². The zero-order valence-corrected chi connectivity index (χ0v) is 16.3. The highest BCUT2D eigenvalue weighted by atomic mass is 19.4. The number of allylic oxidation sites excluding steroid dienone is 2. The number of carbonyl (C=O) groups excluding carboxylic acids is 2. The van der Waals surface area contributed by atoms with Crippen LogP contribution in [0.15, 0.2) is 59.8 Å². The van der Waals surface area contributed by atoms with E-state index in [0.717, 1.165) is 16.5 Å². The van der Waals surface area contributed by atoms with E-state index in [0.29, 0.717) is 36.3 Å². The molecule has 4 nitrogen and oxygen atoms in total. The lowest BCUT2D eigenvalue weighted by Gasteiger charge is -2.39. The number of carbonyl (C=O) groups is 2. The van der Waals surface area contributed by atoms with Gasteiger partial charge in [0.15, 0.2) is 5.78 Å². The molecule has 1 atom stereocenters. The normalized spacial score (nSPS) is 19.7. The van der Waals surface area contributed by atoms with Crippen LogP contribution in [0.25, 0.3) is 0 Å². The fraction of sp³-hybridized carbons (Fsp3) is 0.304. The summed E-state index contributed by atoms with van der Waals surface area (Å²) in [5.74, 6) is -0.383. The van der Waals surface area contributed by atoms with Crippen LogP contribution in [0.5, 0.6) is 5.75 Å². The number of anilines is 1. The molecule has 1 heterocycles. The molecule has 4 rings (SSSR count). The highest BCUT2D eigenvalue weighted by Crippen LogP contribution is 2.46. The van der Waals surface area contributed by atoms with Crippen LogP contribution < -0.4 is 9.64 Å². The summed E-state index contributed by atoms with van der Waals surface area (Å²) in [7, 11) is 1.54. The van der Waals surface area contributed by atoms with Crippen molar-refractivity contribution in [1.29, 1.82) is 0 Å². The van der Waals surface area contributed by atoms with E-state index >= 15 is 0 Å². The topological polar surface area (TPSA) is 46.6 Å². The smallest absolute Gasteiger partial charge is 0.418 e. The monoisotopic (exact) mass is 415 g/mol. The zero-order valence-electron chi connectivity index (χ0n) is 16.3. The van der Waals surface area contributed by atoms with Gasteiger partial charge in [0.1, 0.15) is 5.75 Å². The number of para-hydroxylation sites is 1. The first-order valence-electron chi connectivity index (χ1n) is 9.70. The Morgan fingerprint density at radius 2 is 1.70 bits per heavy atom. The van der Waals surface area contributed by atoms with Crippen LogP contribution >= 0.6 is 0 Å². The number of nitrogens with zero attached hydrogens (tertiary/aromatic N) is 1. The molecule has 1 amide bonds. The van der Waals surface area contributed by atoms with Gasteiger partial charge in [-0.05, 0) is 42.7 Å². The van der Waals surface area contributed by atoms with Crippen molar-refractivity contribution in [3.8, 4) is 5.75 Å². The quantitative estimate of drug-likeness (QED) is 0.689. The molecular formula is C23H20F3NO3. The predicted octanol–water partition coefficient (Wildman–Crippen LogP) is 5.24. The maximum atomic E-state index is 13.6. The summed E-state index contributed by atoms with van der Waals surface area (Å²) in [4.78, 5) is 27.1. The molecule has 2 aromatic carbocycles. The fourth-order valence-electron chi connectivity index (χ4n) is 4.30. The first-order valence-corrected chi connectivity index (χ1v) is 9.70. The van der Waals surface area contributed by atoms with Crippen molar-refractivity contribution in [3.05, 3.63) is 70.9 Å². The van der Waals surface area contributed by atoms with Crippen molar-refractivity contribution in [2.75, 3.05) is 12.0 Å². The molecule has 7 heteroatoms. The molecule has 0 radical (unpaired) electrons. The van der Waals surface area contributed by atoms with Crippen LogP contribution in [0.2, 0.25) is 0 Å². The summed E-state index contributed by atoms with van der Waals surface area (Å²) < 4.78 is 46.0. The van der Waals surface area contributed by atoms with Crippen molar-refractivity contribution in [2.45, 2.75) is 37.8 Å². The Hall–Kier alpha value is -3.09. The third-order valence-electron chi connectivity index (χ3n) is 5.64. The van der Waals surface area contributed by atoms with Crippen molar-refractivity contribution in [1.82, 2.24) is 0 Å². The van der Waals surface area contributed by atoms with Gasteiger partial charge in [0.05, 0.1) is 18.4 Å². The Bertz CT molecular complexity index is 1020. The molecule has 2 aromatic rings. The van der Waals surface area contributed by atoms with E-state index in [1.54, 1.807) is 31.4 Å². The van der Waals surface area contributed by atoms with Crippen molar-refractivity contribution in [2.24, 2.45) is 0 Å². The van der Waals surface area contributed by atoms with Gasteiger partial charge < -0.3 is 4.74 Å². The van der Waals surface area contributed by atoms with Gasteiger partial charge in [0, 0.05) is 30.0 Å². The maximum absolute atomic E-state index is 13.6. The van der Waals surface area contributed by atoms with Gasteiger partial charge in [-0.15, -0.1) is 0 Å². The summed E-state index contributed by atoms with van der Waals surface area (Å²) in [6.07, 6.45) is -3.46. The van der Waals surface area contributed by atoms with Gasteiger partial charge in [0.25, 0.3) is 0 Å². The molecule has 1 aliphatic carbocycles. The minimum atomic E-state index is -4.61. The summed E-state index contributed by atoms with van der Waals surface area (Å²) in [6, 6.07) is 12.1. The zero-order chi connectivity index (χ0) is 21.5. The maximum Gasteiger partial charge on any atom is 0.418 e. The molecule has 0 aromatic heterocycles. The number of ketones is 1. The molecular weight excluding hydrogens is 395 g/mol. The summed E-state index contributed by atoms with van der Waals surface area (Å²) >= 11 is 0. The van der Waals surface area contributed by atoms with E-state index in [9.17, 15) is 22.8 Å². The standard InChI is InChI=1S/C23H20F3NO3/c1-30-15-11-9-14(10-12-15)16-13-21(29)27(19-7-4-8-20(28)22(16)19)18-6-3-2-5-17(18)23(24,25)26/h2-3,5-6,9-12,16H,4,7-8,13H2,1H3. The number of Topliss-reactive ketones (excluding diaryl/α,β-unsaturated/α-hetero) is 1. The van der Waals surface area contributed by atoms with E-state index in [1.165, 1.54) is 18.2 Å². The van der Waals surface area contributed by atoms with Crippen LogP contribution in [0, 0.1) is 0 Å². The molecule has 156 valence electrons. The summed E-state index contributed by atoms with van der Waals surface area (Å²) in [5, 5.41) is 0. The fourth-order valence-corrected chi connectivity index (χ4v) is 4.30. The van der Waals surface area contributed by atoms with Crippen LogP contribution in [-0.4, -0.2) is 18.8 Å². The van der Waals surface area contributed by atoms with Crippen LogP contribution in [0.3, 0.4) is 0 Å². The molecule has 0 N–H and O–H groups in total. The lowest BCUT2D eigenvalue weighted by molar-refractivity contribution is -0.137. The first kappa shape index (κ1) is 20.2. The lowest BCUT2D eigenvalue weighted by atomic mass is 9.77. The van der Waals surface area contributed by atoms with Crippen molar-refractivity contribution < 1.29 is 27.5 Å². The van der Waals surface area contributed by atoms with Crippen molar-refractivity contribution >= 4 is 17.4 Å². The van der Waals surface area contributed by atoms with Gasteiger partial charge in [0.2, 0.25) is 5.91 Å². The van der Waals surface area contributed by atoms with Gasteiger partial charge in [-0.2, -0.15) is 13.2 Å². The molecule has 1 aliphatic heterocycles. The van der Waals surface area contributed by atoms with E-state index < -0.39 is 23.6 Å². The number of amides is 1. The number of hydrogen-bond acceptors (Lipinski definition) is 3. The molecule has 1 unspecified atom stereocenters. The summed E-state index contributed by atoms with van der Waals surface area (Å²) in [6.45, 7) is 0. The molecule has 30 heavy (non-hydrogen) atoms. The minimum absolute atomic E-state index is 0.0664. The Labute approximate surface area is 171 Å². The summed E-state index contributed by atoms with van der Waals surface area (Å²) in [5.41, 5.74) is 0.509. The number of benzene rings is 2. The molecule has 2 aliphatic rings. The van der Waals surface area contributed by atoms with Gasteiger partial charge >= 0.3 is 6.18 Å². The lowest BCUT2D eigenvalue weighted by Crippen LogP contribution is -2.41. The average Bonchev–Trinajstić information content (AvgIpc) is 2.73. The molecule has 0 fully saturated rings. The Kier molecular flexibility index (Phi) is 5.13. The van der Waals surface area contributed by atoms with E-state index in [4.69, 9.17) is 4.74 Å². The third kappa shape index (κ3) is 3.49. The minimum Gasteiger partial charge on any atom is -0.497 e. The molecule has 0 bridgehead atoms. The van der Waals surface area contributed by atoms with Crippen LogP contribution in [0.1, 0.15) is 42.7 Å². The Morgan fingerprint density at radius 3 is 2.37 bits per heavy atom. The van der Waals surface area contributed by atoms with Gasteiger partial charge in [-0.3, -0.25) is 14.5 Å². The predicted molar refractivity (Wildman–Crippen MR) is 105 cm³/mol. The number of halogens is 3. The van der Waals surface area contributed by atoms with E-state index in [2.05, 4.69) is 0 Å². The highest BCUT2D eigenvalue weighted by molar-refractivity contribution is 6.07.